The van der Waals surface area contributed by atoms with Crippen molar-refractivity contribution in [3.63, 3.8) is 0 Å². The number of hydrogen-bond acceptors (Lipinski definition) is 6. The number of amides is 1. The average molecular weight is 283 g/mol. The molecule has 7 heteroatoms. The Balaban J connectivity index is 1.57. The molecule has 1 aromatic heterocycles. The largest absolute Gasteiger partial charge is 0.423 e. The number of nitrogens with one attached hydrogen (secondary N) is 1. The predicted molar refractivity (Wildman–Crippen MR) is 69.9 cm³/mol. The highest BCUT2D eigenvalue weighted by atomic mass is 16.5. The van der Waals surface area contributed by atoms with E-state index in [1.807, 2.05) is 6.92 Å². The van der Waals surface area contributed by atoms with Crippen LogP contribution in [0.2, 0.25) is 0 Å². The van der Waals surface area contributed by atoms with Gasteiger partial charge in [0.05, 0.1) is 19.3 Å². The molecule has 112 valence electrons. The number of rotatable bonds is 7. The third kappa shape index (κ3) is 4.90. The van der Waals surface area contributed by atoms with Crippen molar-refractivity contribution >= 4 is 5.91 Å². The smallest absolute Gasteiger partial charge is 0.246 e. The van der Waals surface area contributed by atoms with Gasteiger partial charge in [-0.1, -0.05) is 6.92 Å². The van der Waals surface area contributed by atoms with Gasteiger partial charge in [0, 0.05) is 13.0 Å². The lowest BCUT2D eigenvalue weighted by molar-refractivity contribution is -0.128. The van der Waals surface area contributed by atoms with Crippen LogP contribution in [0.4, 0.5) is 0 Å². The van der Waals surface area contributed by atoms with Gasteiger partial charge in [-0.2, -0.15) is 0 Å². The van der Waals surface area contributed by atoms with Crippen LogP contribution in [0.3, 0.4) is 0 Å². The van der Waals surface area contributed by atoms with Crippen molar-refractivity contribution in [2.45, 2.75) is 45.3 Å². The maximum absolute atomic E-state index is 11.6. The van der Waals surface area contributed by atoms with Gasteiger partial charge in [0.25, 0.3) is 0 Å². The number of aromatic nitrogens is 2. The monoisotopic (exact) mass is 283 g/mol. The third-order valence-corrected chi connectivity index (χ3v) is 3.06. The highest BCUT2D eigenvalue weighted by Gasteiger charge is 2.14. The van der Waals surface area contributed by atoms with Gasteiger partial charge >= 0.3 is 0 Å². The molecule has 1 atom stereocenters. The molecular weight excluding hydrogens is 262 g/mol. The average Bonchev–Trinajstić information content (AvgIpc) is 2.94. The van der Waals surface area contributed by atoms with E-state index >= 15 is 0 Å². The molecule has 1 aromatic rings. The minimum atomic E-state index is -0.197. The summed E-state index contributed by atoms with van der Waals surface area (Å²) in [5.74, 6) is 0.780. The van der Waals surface area contributed by atoms with Crippen molar-refractivity contribution in [2.75, 3.05) is 19.8 Å². The summed E-state index contributed by atoms with van der Waals surface area (Å²) in [6.07, 6.45) is 4.09. The lowest BCUT2D eigenvalue weighted by atomic mass is 10.1. The van der Waals surface area contributed by atoms with Gasteiger partial charge in [0.1, 0.15) is 6.61 Å². The number of nitrogens with zero attached hydrogens (tertiary/aromatic N) is 2. The fraction of sp³-hybridized carbons (Fsp3) is 0.769. The lowest BCUT2D eigenvalue weighted by Gasteiger charge is -2.22. The first-order chi connectivity index (χ1) is 9.78. The van der Waals surface area contributed by atoms with E-state index in [-0.39, 0.29) is 25.2 Å². The van der Waals surface area contributed by atoms with E-state index in [9.17, 15) is 4.79 Å². The Morgan fingerprint density at radius 2 is 2.25 bits per heavy atom. The van der Waals surface area contributed by atoms with Crippen molar-refractivity contribution in [3.05, 3.63) is 11.8 Å². The molecule has 2 rings (SSSR count). The minimum absolute atomic E-state index is 0.0225. The standard InChI is InChI=1S/C13H21N3O4/c1-2-12-15-16-13(20-12)7-14-11(17)9-18-8-10-5-3-4-6-19-10/h10H,2-9H2,1H3,(H,14,17)/t10-/m0/s1. The summed E-state index contributed by atoms with van der Waals surface area (Å²) < 4.78 is 16.1. The summed E-state index contributed by atoms with van der Waals surface area (Å²) in [5.41, 5.74) is 0. The summed E-state index contributed by atoms with van der Waals surface area (Å²) in [7, 11) is 0. The second kappa shape index (κ2) is 7.96. The van der Waals surface area contributed by atoms with Crippen LogP contribution < -0.4 is 5.32 Å². The molecule has 2 heterocycles. The molecule has 0 saturated carbocycles. The molecule has 1 saturated heterocycles. The molecule has 1 aliphatic rings. The molecular formula is C13H21N3O4. The summed E-state index contributed by atoms with van der Waals surface area (Å²) in [5, 5.41) is 10.3. The van der Waals surface area contributed by atoms with Gasteiger partial charge in [0.15, 0.2) is 0 Å². The molecule has 0 aromatic carbocycles. The summed E-state index contributed by atoms with van der Waals surface area (Å²) in [6.45, 7) is 3.44. The minimum Gasteiger partial charge on any atom is -0.423 e. The Morgan fingerprint density at radius 3 is 2.95 bits per heavy atom. The van der Waals surface area contributed by atoms with Crippen LogP contribution >= 0.6 is 0 Å². The lowest BCUT2D eigenvalue weighted by Crippen LogP contribution is -2.30. The second-order valence-electron chi connectivity index (χ2n) is 4.72. The van der Waals surface area contributed by atoms with Crippen LogP contribution in [0.25, 0.3) is 0 Å². The van der Waals surface area contributed by atoms with Gasteiger partial charge in [-0.25, -0.2) is 0 Å². The van der Waals surface area contributed by atoms with Crippen molar-refractivity contribution in [2.24, 2.45) is 0 Å². The fourth-order valence-electron chi connectivity index (χ4n) is 1.95. The number of hydrogen-bond donors (Lipinski definition) is 1. The summed E-state index contributed by atoms with van der Waals surface area (Å²) >= 11 is 0. The molecule has 1 amide bonds. The van der Waals surface area contributed by atoms with Gasteiger partial charge in [0.2, 0.25) is 17.7 Å². The van der Waals surface area contributed by atoms with Gasteiger partial charge in [-0.3, -0.25) is 4.79 Å². The topological polar surface area (TPSA) is 86.5 Å². The summed E-state index contributed by atoms with van der Waals surface area (Å²) in [4.78, 5) is 11.6. The van der Waals surface area contributed by atoms with E-state index < -0.39 is 0 Å². The molecule has 20 heavy (non-hydrogen) atoms. The van der Waals surface area contributed by atoms with E-state index in [0.717, 1.165) is 25.9 Å². The van der Waals surface area contributed by atoms with E-state index in [4.69, 9.17) is 13.9 Å². The zero-order valence-electron chi connectivity index (χ0n) is 11.8. The van der Waals surface area contributed by atoms with Crippen molar-refractivity contribution in [3.8, 4) is 0 Å². The van der Waals surface area contributed by atoms with Crippen LogP contribution in [0.1, 0.15) is 38.0 Å². The van der Waals surface area contributed by atoms with Crippen LogP contribution in [-0.4, -0.2) is 42.0 Å². The molecule has 7 nitrogen and oxygen atoms in total. The molecule has 0 spiro atoms. The zero-order valence-corrected chi connectivity index (χ0v) is 11.8. The molecule has 0 aliphatic carbocycles. The Kier molecular flexibility index (Phi) is 5.94. The van der Waals surface area contributed by atoms with E-state index in [1.165, 1.54) is 0 Å². The van der Waals surface area contributed by atoms with Crippen molar-refractivity contribution in [1.82, 2.24) is 15.5 Å². The highest BCUT2D eigenvalue weighted by molar-refractivity contribution is 5.76. The van der Waals surface area contributed by atoms with Gasteiger partial charge in [-0.15, -0.1) is 10.2 Å². The zero-order chi connectivity index (χ0) is 14.2. The van der Waals surface area contributed by atoms with Crippen LogP contribution in [0.15, 0.2) is 4.42 Å². The molecule has 1 aliphatic heterocycles. The molecule has 0 radical (unpaired) electrons. The Morgan fingerprint density at radius 1 is 1.40 bits per heavy atom. The van der Waals surface area contributed by atoms with Crippen LogP contribution in [0, 0.1) is 0 Å². The molecule has 0 unspecified atom stereocenters. The van der Waals surface area contributed by atoms with E-state index in [0.29, 0.717) is 24.8 Å². The predicted octanol–water partition coefficient (Wildman–Crippen LogP) is 0.834. The molecule has 0 bridgehead atoms. The van der Waals surface area contributed by atoms with Crippen LogP contribution in [-0.2, 0) is 27.2 Å². The summed E-state index contributed by atoms with van der Waals surface area (Å²) in [6, 6.07) is 0. The highest BCUT2D eigenvalue weighted by Crippen LogP contribution is 2.12. The fourth-order valence-corrected chi connectivity index (χ4v) is 1.95. The first-order valence-electron chi connectivity index (χ1n) is 7.05. The molecule has 1 fully saturated rings. The first-order valence-corrected chi connectivity index (χ1v) is 7.05. The maximum Gasteiger partial charge on any atom is 0.246 e. The van der Waals surface area contributed by atoms with Crippen molar-refractivity contribution < 1.29 is 18.7 Å². The van der Waals surface area contributed by atoms with Gasteiger partial charge in [-0.05, 0) is 19.3 Å². The maximum atomic E-state index is 11.6. The number of carbonyl (C=O) groups is 1. The van der Waals surface area contributed by atoms with Gasteiger partial charge < -0.3 is 19.2 Å². The Hall–Kier alpha value is -1.47. The number of ether oxygens (including phenoxy) is 2. The number of aryl methyl sites for hydroxylation is 1. The van der Waals surface area contributed by atoms with E-state index in [1.54, 1.807) is 0 Å². The molecule has 1 N–H and O–H groups in total. The van der Waals surface area contributed by atoms with Crippen molar-refractivity contribution in [1.29, 1.82) is 0 Å². The Labute approximate surface area is 118 Å². The third-order valence-electron chi connectivity index (χ3n) is 3.06. The first kappa shape index (κ1) is 14.9. The quantitative estimate of drug-likeness (QED) is 0.797. The van der Waals surface area contributed by atoms with E-state index in [2.05, 4.69) is 15.5 Å². The van der Waals surface area contributed by atoms with Crippen LogP contribution in [0.5, 0.6) is 0 Å². The SMILES string of the molecule is CCc1nnc(CNC(=O)COC[C@@H]2CCCCO2)o1. The number of carbonyl (C=O) groups excluding carboxylic acids is 1. The Bertz CT molecular complexity index is 416. The normalized spacial score (nSPS) is 18.9. The second-order valence-corrected chi connectivity index (χ2v) is 4.72.